The van der Waals surface area contributed by atoms with Crippen molar-refractivity contribution in [1.82, 2.24) is 0 Å². The van der Waals surface area contributed by atoms with E-state index < -0.39 is 0 Å². The number of fused-ring (bicyclic) bond motifs is 3. The SMILES string of the molecule is Cc1ccc2c(c1)[Si]c1cc(C)ccc1-2. The normalized spacial score (nSPS) is 12.4. The highest BCUT2D eigenvalue weighted by molar-refractivity contribution is 6.73. The van der Waals surface area contributed by atoms with Crippen LogP contribution in [0.1, 0.15) is 11.1 Å². The number of benzene rings is 2. The molecule has 1 heteroatoms. The Labute approximate surface area is 92.8 Å². The first-order valence-electron chi connectivity index (χ1n) is 5.23. The van der Waals surface area contributed by atoms with E-state index in [1.807, 2.05) is 0 Å². The van der Waals surface area contributed by atoms with Crippen LogP contribution in [-0.4, -0.2) is 9.52 Å². The highest BCUT2D eigenvalue weighted by Gasteiger charge is 2.18. The Morgan fingerprint density at radius 1 is 0.733 bits per heavy atom. The molecule has 72 valence electrons. The van der Waals surface area contributed by atoms with Gasteiger partial charge in [-0.3, -0.25) is 0 Å². The van der Waals surface area contributed by atoms with Crippen LogP contribution in [0.15, 0.2) is 36.4 Å². The van der Waals surface area contributed by atoms with Gasteiger partial charge >= 0.3 is 0 Å². The van der Waals surface area contributed by atoms with E-state index in [4.69, 9.17) is 0 Å². The van der Waals surface area contributed by atoms with Crippen LogP contribution in [0.5, 0.6) is 0 Å². The molecule has 0 N–H and O–H groups in total. The van der Waals surface area contributed by atoms with Crippen molar-refractivity contribution in [2.75, 3.05) is 0 Å². The van der Waals surface area contributed by atoms with Crippen molar-refractivity contribution in [3.8, 4) is 11.1 Å². The number of hydrogen-bond donors (Lipinski definition) is 0. The second kappa shape index (κ2) is 3.07. The van der Waals surface area contributed by atoms with Crippen LogP contribution in [0.25, 0.3) is 11.1 Å². The van der Waals surface area contributed by atoms with Gasteiger partial charge in [-0.1, -0.05) is 57.9 Å². The van der Waals surface area contributed by atoms with Gasteiger partial charge in [0.2, 0.25) is 0 Å². The zero-order chi connectivity index (χ0) is 10.4. The highest BCUT2D eigenvalue weighted by atomic mass is 28.2. The van der Waals surface area contributed by atoms with Crippen LogP contribution in [0.4, 0.5) is 0 Å². The first-order valence-corrected chi connectivity index (χ1v) is 6.23. The van der Waals surface area contributed by atoms with Crippen molar-refractivity contribution in [3.05, 3.63) is 47.5 Å². The summed E-state index contributed by atoms with van der Waals surface area (Å²) >= 11 is 0. The van der Waals surface area contributed by atoms with Gasteiger partial charge in [0.1, 0.15) is 9.52 Å². The molecular weight excluding hydrogens is 196 g/mol. The fraction of sp³-hybridized carbons (Fsp3) is 0.143. The lowest BCUT2D eigenvalue weighted by Crippen LogP contribution is -2.21. The molecule has 0 atom stereocenters. The molecule has 2 aromatic rings. The van der Waals surface area contributed by atoms with E-state index in [9.17, 15) is 0 Å². The van der Waals surface area contributed by atoms with E-state index in [1.54, 1.807) is 0 Å². The zero-order valence-electron chi connectivity index (χ0n) is 8.96. The molecule has 0 spiro atoms. The summed E-state index contributed by atoms with van der Waals surface area (Å²) in [6, 6.07) is 13.6. The minimum atomic E-state index is 0.844. The zero-order valence-corrected chi connectivity index (χ0v) is 9.96. The Morgan fingerprint density at radius 2 is 1.20 bits per heavy atom. The van der Waals surface area contributed by atoms with Crippen molar-refractivity contribution in [2.45, 2.75) is 13.8 Å². The van der Waals surface area contributed by atoms with Gasteiger partial charge in [0.15, 0.2) is 0 Å². The third kappa shape index (κ3) is 1.35. The van der Waals surface area contributed by atoms with Gasteiger partial charge in [0.05, 0.1) is 0 Å². The molecule has 0 fully saturated rings. The Bertz CT molecular complexity index is 492. The predicted octanol–water partition coefficient (Wildman–Crippen LogP) is 1.94. The summed E-state index contributed by atoms with van der Waals surface area (Å²) in [7, 11) is 0.844. The summed E-state index contributed by atoms with van der Waals surface area (Å²) in [5.74, 6) is 0. The standard InChI is InChI=1S/C14H12Si/c1-9-3-5-11-12-6-4-10(2)8-14(12)15-13(11)7-9/h3-8H,1-2H3. The van der Waals surface area contributed by atoms with E-state index in [-0.39, 0.29) is 0 Å². The lowest BCUT2D eigenvalue weighted by molar-refractivity contribution is 1.48. The van der Waals surface area contributed by atoms with E-state index >= 15 is 0 Å². The molecule has 0 aromatic heterocycles. The molecule has 1 aliphatic rings. The van der Waals surface area contributed by atoms with Crippen LogP contribution in [0, 0.1) is 13.8 Å². The summed E-state index contributed by atoms with van der Waals surface area (Å²) in [6.45, 7) is 4.33. The third-order valence-corrected chi connectivity index (χ3v) is 4.28. The number of aryl methyl sites for hydroxylation is 2. The Hall–Kier alpha value is -1.34. The van der Waals surface area contributed by atoms with Gasteiger partial charge in [-0.2, -0.15) is 0 Å². The Balaban J connectivity index is 2.24. The molecular formula is C14H12Si. The first kappa shape index (κ1) is 8.92. The lowest BCUT2D eigenvalue weighted by atomic mass is 10.0. The van der Waals surface area contributed by atoms with Gasteiger partial charge < -0.3 is 0 Å². The van der Waals surface area contributed by atoms with Crippen molar-refractivity contribution in [2.24, 2.45) is 0 Å². The maximum Gasteiger partial charge on any atom is 0.123 e. The maximum atomic E-state index is 2.32. The second-order valence-corrected chi connectivity index (χ2v) is 5.55. The van der Waals surface area contributed by atoms with Crippen LogP contribution < -0.4 is 10.4 Å². The average Bonchev–Trinajstić information content (AvgIpc) is 2.53. The van der Waals surface area contributed by atoms with Gasteiger partial charge in [0.25, 0.3) is 0 Å². The lowest BCUT2D eigenvalue weighted by Gasteiger charge is -2.02. The fourth-order valence-corrected chi connectivity index (χ4v) is 3.73. The van der Waals surface area contributed by atoms with Crippen molar-refractivity contribution in [3.63, 3.8) is 0 Å². The van der Waals surface area contributed by atoms with Crippen LogP contribution in [0.3, 0.4) is 0 Å². The molecule has 0 amide bonds. The number of hydrogen-bond acceptors (Lipinski definition) is 0. The number of rotatable bonds is 0. The molecule has 0 bridgehead atoms. The Morgan fingerprint density at radius 3 is 1.67 bits per heavy atom. The summed E-state index contributed by atoms with van der Waals surface area (Å²) in [5.41, 5.74) is 5.61. The van der Waals surface area contributed by atoms with Crippen LogP contribution in [-0.2, 0) is 0 Å². The van der Waals surface area contributed by atoms with Crippen LogP contribution in [0.2, 0.25) is 0 Å². The maximum absolute atomic E-state index is 2.32. The molecule has 1 aliphatic heterocycles. The van der Waals surface area contributed by atoms with Gasteiger partial charge in [0, 0.05) is 0 Å². The van der Waals surface area contributed by atoms with E-state index in [2.05, 4.69) is 50.2 Å². The molecule has 0 saturated heterocycles. The molecule has 2 aromatic carbocycles. The van der Waals surface area contributed by atoms with Gasteiger partial charge in [-0.15, -0.1) is 0 Å². The van der Waals surface area contributed by atoms with Gasteiger partial charge in [-0.05, 0) is 25.0 Å². The second-order valence-electron chi connectivity index (χ2n) is 4.22. The quantitative estimate of drug-likeness (QED) is 0.495. The van der Waals surface area contributed by atoms with E-state index in [0.717, 1.165) is 9.52 Å². The monoisotopic (exact) mass is 208 g/mol. The molecule has 15 heavy (non-hydrogen) atoms. The highest BCUT2D eigenvalue weighted by Crippen LogP contribution is 2.20. The summed E-state index contributed by atoms with van der Waals surface area (Å²) in [4.78, 5) is 0. The van der Waals surface area contributed by atoms with Crippen molar-refractivity contribution >= 4 is 19.9 Å². The topological polar surface area (TPSA) is 0 Å². The minimum Gasteiger partial charge on any atom is -0.0596 e. The summed E-state index contributed by atoms with van der Waals surface area (Å²) in [5, 5.41) is 3.02. The van der Waals surface area contributed by atoms with E-state index in [0.29, 0.717) is 0 Å². The molecule has 0 unspecified atom stereocenters. The van der Waals surface area contributed by atoms with Crippen molar-refractivity contribution in [1.29, 1.82) is 0 Å². The van der Waals surface area contributed by atoms with Gasteiger partial charge in [-0.25, -0.2) is 0 Å². The third-order valence-electron chi connectivity index (χ3n) is 2.91. The molecule has 0 aliphatic carbocycles. The molecule has 0 saturated carbocycles. The molecule has 0 nitrogen and oxygen atoms in total. The summed E-state index contributed by atoms with van der Waals surface area (Å²) < 4.78 is 0. The Kier molecular flexibility index (Phi) is 1.83. The predicted molar refractivity (Wildman–Crippen MR) is 66.4 cm³/mol. The molecule has 2 radical (unpaired) electrons. The van der Waals surface area contributed by atoms with Crippen molar-refractivity contribution < 1.29 is 0 Å². The largest absolute Gasteiger partial charge is 0.123 e. The fourth-order valence-electron chi connectivity index (χ4n) is 2.14. The first-order chi connectivity index (χ1) is 7.24. The summed E-state index contributed by atoms with van der Waals surface area (Å²) in [6.07, 6.45) is 0. The molecule has 3 rings (SSSR count). The minimum absolute atomic E-state index is 0.844. The molecule has 1 heterocycles. The van der Waals surface area contributed by atoms with Crippen LogP contribution >= 0.6 is 0 Å². The average molecular weight is 208 g/mol. The van der Waals surface area contributed by atoms with E-state index in [1.165, 1.54) is 32.6 Å². The smallest absolute Gasteiger partial charge is 0.0596 e.